The van der Waals surface area contributed by atoms with Crippen LogP contribution in [0, 0.1) is 0 Å². The first-order valence-corrected chi connectivity index (χ1v) is 15.0. The van der Waals surface area contributed by atoms with Gasteiger partial charge >= 0.3 is 5.97 Å². The zero-order valence-corrected chi connectivity index (χ0v) is 21.4. The second kappa shape index (κ2) is 11.1. The number of aliphatic hydroxyl groups excluding tert-OH is 1. The highest BCUT2D eigenvalue weighted by atomic mass is 28.4. The van der Waals surface area contributed by atoms with Crippen LogP contribution in [0.2, 0.25) is 18.1 Å². The van der Waals surface area contributed by atoms with E-state index in [1.807, 2.05) is 13.8 Å². The van der Waals surface area contributed by atoms with Gasteiger partial charge in [0.2, 0.25) is 0 Å². The first-order valence-electron chi connectivity index (χ1n) is 12.5. The van der Waals surface area contributed by atoms with Gasteiger partial charge in [0.05, 0.1) is 0 Å². The highest BCUT2D eigenvalue weighted by Gasteiger charge is 2.60. The third-order valence-corrected chi connectivity index (χ3v) is 11.2. The summed E-state index contributed by atoms with van der Waals surface area (Å²) in [7, 11) is -2.08. The molecule has 32 heavy (non-hydrogen) atoms. The van der Waals surface area contributed by atoms with Gasteiger partial charge in [0, 0.05) is 6.08 Å². The van der Waals surface area contributed by atoms with Gasteiger partial charge in [0.15, 0.2) is 20.4 Å². The number of hydrogen-bond donors (Lipinski definition) is 1. The maximum atomic E-state index is 11.5. The SMILES string of the molecule is CCCC[Si](CCCC)(CCCC)O[C@H]1O[C@H](C(O)[C@@H]2C=CC(=O)O2)[C@@H]2OC(C)(C)O[C@H]12. The van der Waals surface area contributed by atoms with Crippen LogP contribution in [-0.2, 0) is 28.2 Å². The summed E-state index contributed by atoms with van der Waals surface area (Å²) in [5, 5.41) is 11.0. The Hall–Kier alpha value is -0.773. The fourth-order valence-electron chi connectivity index (χ4n) is 5.01. The molecule has 0 bridgehead atoms. The maximum Gasteiger partial charge on any atom is 0.331 e. The van der Waals surface area contributed by atoms with E-state index in [2.05, 4.69) is 20.8 Å². The Morgan fingerprint density at radius 2 is 1.59 bits per heavy atom. The minimum atomic E-state index is -2.08. The predicted octanol–water partition coefficient (Wildman–Crippen LogP) is 4.44. The van der Waals surface area contributed by atoms with Gasteiger partial charge in [0.1, 0.15) is 30.5 Å². The zero-order chi connectivity index (χ0) is 23.4. The molecule has 0 aromatic heterocycles. The van der Waals surface area contributed by atoms with Crippen LogP contribution in [0.15, 0.2) is 12.2 Å². The van der Waals surface area contributed by atoms with Crippen LogP contribution in [0.1, 0.15) is 73.1 Å². The number of carbonyl (C=O) groups excluding carboxylic acids is 1. The molecule has 3 aliphatic heterocycles. The van der Waals surface area contributed by atoms with E-state index in [0.29, 0.717) is 0 Å². The van der Waals surface area contributed by atoms with Gasteiger partial charge < -0.3 is 28.5 Å². The highest BCUT2D eigenvalue weighted by Crippen LogP contribution is 2.43. The predicted molar refractivity (Wildman–Crippen MR) is 123 cm³/mol. The first kappa shape index (κ1) is 25.8. The summed E-state index contributed by atoms with van der Waals surface area (Å²) in [6.45, 7) is 10.4. The standard InChI is InChI=1S/C24H42O7Si/c1-6-9-14-32(15-10-7-2,16-11-8-3)31-23-22-21(29-24(4,5)30-22)20(28-23)19(26)17-12-13-18(25)27-17/h12-13,17,19-23,26H,6-11,14-16H2,1-5H3/t17-,19?,20+,21-,22-,23+/m0/s1. The molecule has 0 aliphatic carbocycles. The molecule has 0 saturated carbocycles. The number of cyclic esters (lactones) is 1. The van der Waals surface area contributed by atoms with Gasteiger partial charge in [-0.05, 0) is 38.1 Å². The molecule has 8 heteroatoms. The maximum absolute atomic E-state index is 11.5. The Labute approximate surface area is 193 Å². The summed E-state index contributed by atoms with van der Waals surface area (Å²) in [4.78, 5) is 11.5. The highest BCUT2D eigenvalue weighted by molar-refractivity contribution is 6.73. The average Bonchev–Trinajstić information content (AvgIpc) is 3.42. The molecule has 0 aromatic rings. The fourth-order valence-corrected chi connectivity index (χ4v) is 9.79. The summed E-state index contributed by atoms with van der Waals surface area (Å²) in [6, 6.07) is 3.34. The molecule has 2 fully saturated rings. The van der Waals surface area contributed by atoms with Crippen molar-refractivity contribution < 1.29 is 33.3 Å². The fraction of sp³-hybridized carbons (Fsp3) is 0.875. The lowest BCUT2D eigenvalue weighted by atomic mass is 10.0. The van der Waals surface area contributed by atoms with E-state index in [1.165, 1.54) is 6.08 Å². The minimum absolute atomic E-state index is 0.414. The van der Waals surface area contributed by atoms with Gasteiger partial charge in [0.25, 0.3) is 0 Å². The molecule has 0 radical (unpaired) electrons. The van der Waals surface area contributed by atoms with E-state index in [0.717, 1.165) is 56.7 Å². The lowest BCUT2D eigenvalue weighted by molar-refractivity contribution is -0.230. The molecule has 0 spiro atoms. The number of esters is 1. The Bertz CT molecular complexity index is 630. The first-order chi connectivity index (χ1) is 15.2. The number of unbranched alkanes of at least 4 members (excludes halogenated alkanes) is 3. The van der Waals surface area contributed by atoms with E-state index < -0.39 is 56.9 Å². The van der Waals surface area contributed by atoms with Crippen LogP contribution in [0.4, 0.5) is 0 Å². The lowest BCUT2D eigenvalue weighted by Crippen LogP contribution is -2.46. The Balaban J connectivity index is 1.81. The van der Waals surface area contributed by atoms with E-state index in [4.69, 9.17) is 23.4 Å². The quantitative estimate of drug-likeness (QED) is 0.315. The third-order valence-electron chi connectivity index (χ3n) is 6.72. The molecule has 184 valence electrons. The number of rotatable bonds is 13. The summed E-state index contributed by atoms with van der Waals surface area (Å²) in [5.74, 6) is -1.24. The van der Waals surface area contributed by atoms with Crippen molar-refractivity contribution in [1.82, 2.24) is 0 Å². The molecule has 7 nitrogen and oxygen atoms in total. The van der Waals surface area contributed by atoms with E-state index >= 15 is 0 Å². The zero-order valence-electron chi connectivity index (χ0n) is 20.4. The van der Waals surface area contributed by atoms with Crippen molar-refractivity contribution >= 4 is 14.3 Å². The van der Waals surface area contributed by atoms with Gasteiger partial charge in [-0.3, -0.25) is 0 Å². The van der Waals surface area contributed by atoms with Gasteiger partial charge in [-0.1, -0.05) is 59.3 Å². The number of hydrogen-bond acceptors (Lipinski definition) is 7. The van der Waals surface area contributed by atoms with Crippen LogP contribution in [0.3, 0.4) is 0 Å². The van der Waals surface area contributed by atoms with Crippen molar-refractivity contribution in [2.75, 3.05) is 0 Å². The third kappa shape index (κ3) is 6.01. The van der Waals surface area contributed by atoms with Crippen molar-refractivity contribution in [3.8, 4) is 0 Å². The molecule has 3 heterocycles. The molecule has 1 unspecified atom stereocenters. The molecule has 0 amide bonds. The van der Waals surface area contributed by atoms with Gasteiger partial charge in [-0.2, -0.15) is 0 Å². The molecular formula is C24H42O7Si. The molecule has 0 aromatic carbocycles. The van der Waals surface area contributed by atoms with E-state index in [9.17, 15) is 9.90 Å². The van der Waals surface area contributed by atoms with Crippen molar-refractivity contribution in [1.29, 1.82) is 0 Å². The van der Waals surface area contributed by atoms with Crippen molar-refractivity contribution in [3.63, 3.8) is 0 Å². The monoisotopic (exact) mass is 470 g/mol. The summed E-state index contributed by atoms with van der Waals surface area (Å²) < 4.78 is 30.9. The normalized spacial score (nSPS) is 32.3. The number of fused-ring (bicyclic) bond motifs is 1. The average molecular weight is 471 g/mol. The molecule has 3 rings (SSSR count). The molecule has 6 atom stereocenters. The largest absolute Gasteiger partial charge is 0.452 e. The van der Waals surface area contributed by atoms with Crippen LogP contribution >= 0.6 is 0 Å². The molecular weight excluding hydrogens is 428 g/mol. The van der Waals surface area contributed by atoms with E-state index in [-0.39, 0.29) is 0 Å². The van der Waals surface area contributed by atoms with Crippen molar-refractivity contribution in [2.45, 2.75) is 134 Å². The molecule has 1 N–H and O–H groups in total. The molecule has 3 aliphatic rings. The Morgan fingerprint density at radius 3 is 2.09 bits per heavy atom. The van der Waals surface area contributed by atoms with Gasteiger partial charge in [-0.15, -0.1) is 0 Å². The van der Waals surface area contributed by atoms with Gasteiger partial charge in [-0.25, -0.2) is 4.79 Å². The Kier molecular flexibility index (Phi) is 8.97. The number of carbonyl (C=O) groups is 1. The summed E-state index contributed by atoms with van der Waals surface area (Å²) >= 11 is 0. The van der Waals surface area contributed by atoms with E-state index in [1.54, 1.807) is 6.08 Å². The topological polar surface area (TPSA) is 83.5 Å². The van der Waals surface area contributed by atoms with Crippen molar-refractivity contribution in [3.05, 3.63) is 12.2 Å². The second-order valence-corrected chi connectivity index (χ2v) is 14.0. The van der Waals surface area contributed by atoms with Crippen LogP contribution in [0.25, 0.3) is 0 Å². The second-order valence-electron chi connectivity index (χ2n) is 9.90. The lowest BCUT2D eigenvalue weighted by Gasteiger charge is -2.36. The van der Waals surface area contributed by atoms with Crippen LogP contribution in [-0.4, -0.2) is 62.0 Å². The molecule has 2 saturated heterocycles. The summed E-state index contributed by atoms with van der Waals surface area (Å²) in [5.41, 5.74) is 0. The number of aliphatic hydroxyl groups is 1. The summed E-state index contributed by atoms with van der Waals surface area (Å²) in [6.07, 6.45) is 5.82. The van der Waals surface area contributed by atoms with Crippen molar-refractivity contribution in [2.24, 2.45) is 0 Å². The van der Waals surface area contributed by atoms with Crippen LogP contribution < -0.4 is 0 Å². The number of ether oxygens (including phenoxy) is 4. The Morgan fingerprint density at radius 1 is 1.03 bits per heavy atom. The smallest absolute Gasteiger partial charge is 0.331 e. The van der Waals surface area contributed by atoms with Crippen LogP contribution in [0.5, 0.6) is 0 Å². The minimum Gasteiger partial charge on any atom is -0.452 e.